The van der Waals surface area contributed by atoms with Crippen LogP contribution >= 0.6 is 0 Å². The van der Waals surface area contributed by atoms with E-state index in [9.17, 15) is 5.26 Å². The Kier molecular flexibility index (Phi) is 5.62. The molecule has 0 aliphatic carbocycles. The fourth-order valence-electron chi connectivity index (χ4n) is 6.15. The molecular weight excluding hydrogens is 509 g/mol. The number of hydrogen-bond donors (Lipinski definition) is 0. The summed E-state index contributed by atoms with van der Waals surface area (Å²) in [7, 11) is 2.13. The van der Waals surface area contributed by atoms with Gasteiger partial charge in [0.2, 0.25) is 0 Å². The van der Waals surface area contributed by atoms with Gasteiger partial charge in [-0.3, -0.25) is 0 Å². The molecule has 6 rings (SSSR count). The number of nitriles is 1. The van der Waals surface area contributed by atoms with Gasteiger partial charge < -0.3 is 0 Å². The predicted molar refractivity (Wildman–Crippen MR) is 156 cm³/mol. The monoisotopic (exact) mass is 539 g/mol. The van der Waals surface area contributed by atoms with Crippen LogP contribution in [0.2, 0.25) is 11.5 Å². The normalized spacial score (nSPS) is 13.1. The van der Waals surface area contributed by atoms with E-state index < -0.39 is 13.3 Å². The molecule has 0 atom stereocenters. The van der Waals surface area contributed by atoms with E-state index in [-0.39, 0.29) is 0 Å². The van der Waals surface area contributed by atoms with E-state index in [1.54, 1.807) is 0 Å². The second-order valence-electron chi connectivity index (χ2n) is 10.5. The van der Waals surface area contributed by atoms with E-state index in [1.165, 1.54) is 47.9 Å². The van der Waals surface area contributed by atoms with E-state index in [1.807, 2.05) is 12.1 Å². The van der Waals surface area contributed by atoms with Crippen molar-refractivity contribution in [3.63, 3.8) is 0 Å². The number of pyridine rings is 1. The SMILES string of the molecule is Cc1ccc2[c](c1-c1cccc[n+]1C)[Ge]([CH3])([CH3])[c]1c-2ccc(C#N)c1-c1ccc(-c2ccccc2)cc1. The Morgan fingerprint density at radius 3 is 1.92 bits per heavy atom. The van der Waals surface area contributed by atoms with Crippen LogP contribution in [0.15, 0.2) is 103 Å². The molecule has 0 saturated heterocycles. The minimum absolute atomic E-state index is 0.765. The summed E-state index contributed by atoms with van der Waals surface area (Å²) >= 11 is -2.84. The van der Waals surface area contributed by atoms with Crippen molar-refractivity contribution in [3.05, 3.63) is 114 Å². The standard InChI is InChI=1S/C34H29GeN2/c1-23-13-19-28-29-20-18-27(22-36)32(26-16-14-25(15-17-26)24-10-6-5-7-11-24)34(29)35(2,3)33(28)31(23)30-12-8-9-21-37(30)4/h5-21H,1-4H3/q+1. The quantitative estimate of drug-likeness (QED) is 0.191. The van der Waals surface area contributed by atoms with Gasteiger partial charge in [0.05, 0.1) is 0 Å². The summed E-state index contributed by atoms with van der Waals surface area (Å²) in [5.74, 6) is 5.00. The van der Waals surface area contributed by atoms with Crippen molar-refractivity contribution in [2.24, 2.45) is 7.05 Å². The average Bonchev–Trinajstić information content (AvgIpc) is 3.16. The molecule has 1 aromatic heterocycles. The van der Waals surface area contributed by atoms with Crippen molar-refractivity contribution in [1.82, 2.24) is 0 Å². The van der Waals surface area contributed by atoms with Gasteiger partial charge in [-0.2, -0.15) is 0 Å². The average molecular weight is 538 g/mol. The van der Waals surface area contributed by atoms with Crippen LogP contribution in [0.25, 0.3) is 44.6 Å². The first-order valence-corrected chi connectivity index (χ1v) is 19.0. The van der Waals surface area contributed by atoms with Gasteiger partial charge in [-0.05, 0) is 0 Å². The second-order valence-corrected chi connectivity index (χ2v) is 19.4. The summed E-state index contributed by atoms with van der Waals surface area (Å²) in [5.41, 5.74) is 12.0. The van der Waals surface area contributed by atoms with E-state index >= 15 is 0 Å². The fraction of sp³-hybridized carbons (Fsp3) is 0.118. The van der Waals surface area contributed by atoms with Crippen LogP contribution < -0.4 is 13.4 Å². The number of benzene rings is 4. The molecule has 5 aromatic rings. The van der Waals surface area contributed by atoms with Crippen molar-refractivity contribution in [3.8, 4) is 50.7 Å². The Hall–Kier alpha value is -3.94. The van der Waals surface area contributed by atoms with Crippen LogP contribution in [-0.2, 0) is 7.05 Å². The molecule has 37 heavy (non-hydrogen) atoms. The van der Waals surface area contributed by atoms with E-state index in [2.05, 4.69) is 127 Å². The molecule has 0 amide bonds. The summed E-state index contributed by atoms with van der Waals surface area (Å²) in [5, 5.41) is 10.2. The summed E-state index contributed by atoms with van der Waals surface area (Å²) in [6.07, 6.45) is 2.13. The molecule has 178 valence electrons. The van der Waals surface area contributed by atoms with Gasteiger partial charge in [0.25, 0.3) is 0 Å². The molecular formula is C34H29GeN2+. The number of nitrogens with zero attached hydrogens (tertiary/aromatic N) is 2. The van der Waals surface area contributed by atoms with Gasteiger partial charge in [-0.1, -0.05) is 0 Å². The van der Waals surface area contributed by atoms with Crippen molar-refractivity contribution >= 4 is 22.1 Å². The van der Waals surface area contributed by atoms with Gasteiger partial charge in [0.15, 0.2) is 0 Å². The molecule has 4 aromatic carbocycles. The summed E-state index contributed by atoms with van der Waals surface area (Å²) in [6, 6.07) is 37.0. The predicted octanol–water partition coefficient (Wildman–Crippen LogP) is 6.50. The maximum atomic E-state index is 10.2. The molecule has 0 saturated carbocycles. The van der Waals surface area contributed by atoms with Crippen LogP contribution in [0.4, 0.5) is 0 Å². The number of fused-ring (bicyclic) bond motifs is 3. The molecule has 1 aliphatic heterocycles. The Balaban J connectivity index is 1.59. The summed E-state index contributed by atoms with van der Waals surface area (Å²) in [6.45, 7) is 2.23. The Labute approximate surface area is 221 Å². The number of aryl methyl sites for hydroxylation is 2. The third-order valence-electron chi connectivity index (χ3n) is 7.87. The number of aromatic nitrogens is 1. The number of hydrogen-bond acceptors (Lipinski definition) is 1. The molecule has 0 bridgehead atoms. The van der Waals surface area contributed by atoms with E-state index in [0.717, 1.165) is 16.7 Å². The zero-order valence-electron chi connectivity index (χ0n) is 21.7. The molecule has 3 heteroatoms. The van der Waals surface area contributed by atoms with Crippen molar-refractivity contribution in [2.45, 2.75) is 18.4 Å². The fourth-order valence-corrected chi connectivity index (χ4v) is 14.3. The van der Waals surface area contributed by atoms with Crippen LogP contribution in [0.3, 0.4) is 0 Å². The van der Waals surface area contributed by atoms with Crippen LogP contribution in [0, 0.1) is 18.3 Å². The molecule has 0 unspecified atom stereocenters. The van der Waals surface area contributed by atoms with Crippen molar-refractivity contribution in [1.29, 1.82) is 5.26 Å². The van der Waals surface area contributed by atoms with E-state index in [0.29, 0.717) is 0 Å². The summed E-state index contributed by atoms with van der Waals surface area (Å²) < 4.78 is 5.18. The Bertz CT molecular complexity index is 1710. The van der Waals surface area contributed by atoms with Crippen molar-refractivity contribution < 1.29 is 4.57 Å². The molecule has 0 spiro atoms. The van der Waals surface area contributed by atoms with Gasteiger partial charge in [-0.25, -0.2) is 0 Å². The zero-order chi connectivity index (χ0) is 25.7. The molecule has 1 aliphatic rings. The number of rotatable bonds is 3. The van der Waals surface area contributed by atoms with Crippen LogP contribution in [-0.4, -0.2) is 13.3 Å². The Morgan fingerprint density at radius 1 is 0.649 bits per heavy atom. The van der Waals surface area contributed by atoms with Crippen molar-refractivity contribution in [2.75, 3.05) is 0 Å². The third kappa shape index (κ3) is 3.65. The minimum atomic E-state index is -2.84. The zero-order valence-corrected chi connectivity index (χ0v) is 23.8. The van der Waals surface area contributed by atoms with Crippen LogP contribution in [0.5, 0.6) is 0 Å². The van der Waals surface area contributed by atoms with Gasteiger partial charge in [-0.15, -0.1) is 0 Å². The maximum absolute atomic E-state index is 10.2. The topological polar surface area (TPSA) is 27.7 Å². The molecule has 0 radical (unpaired) electrons. The molecule has 0 fully saturated rings. The van der Waals surface area contributed by atoms with Crippen LogP contribution in [0.1, 0.15) is 11.1 Å². The summed E-state index contributed by atoms with van der Waals surface area (Å²) in [4.78, 5) is 0. The molecule has 0 N–H and O–H groups in total. The Morgan fingerprint density at radius 2 is 1.24 bits per heavy atom. The third-order valence-corrected chi connectivity index (χ3v) is 15.3. The van der Waals surface area contributed by atoms with E-state index in [4.69, 9.17) is 0 Å². The first-order valence-electron chi connectivity index (χ1n) is 12.7. The van der Waals surface area contributed by atoms with Gasteiger partial charge in [0, 0.05) is 0 Å². The molecule has 2 nitrogen and oxygen atoms in total. The first kappa shape index (κ1) is 23.5. The first-order chi connectivity index (χ1) is 17.9. The van der Waals surface area contributed by atoms with Gasteiger partial charge >= 0.3 is 222 Å². The second kappa shape index (κ2) is 8.87. The van der Waals surface area contributed by atoms with Gasteiger partial charge in [0.1, 0.15) is 0 Å². The molecule has 2 heterocycles.